The number of hydrogen-bond acceptors (Lipinski definition) is 7. The Morgan fingerprint density at radius 2 is 1.97 bits per heavy atom. The fourth-order valence-corrected chi connectivity index (χ4v) is 4.19. The number of hydrogen-bond donors (Lipinski definition) is 3. The predicted molar refractivity (Wildman–Crippen MR) is 128 cm³/mol. The molecule has 0 aliphatic rings. The van der Waals surface area contributed by atoms with Gasteiger partial charge in [0.15, 0.2) is 0 Å². The monoisotopic (exact) mass is 477 g/mol. The summed E-state index contributed by atoms with van der Waals surface area (Å²) in [6.45, 7) is 2.13. The van der Waals surface area contributed by atoms with E-state index in [0.29, 0.717) is 35.7 Å². The van der Waals surface area contributed by atoms with E-state index in [0.717, 1.165) is 11.3 Å². The lowest BCUT2D eigenvalue weighted by molar-refractivity contribution is -0.140. The lowest BCUT2D eigenvalue weighted by Crippen LogP contribution is -2.29. The number of pyridine rings is 1. The summed E-state index contributed by atoms with van der Waals surface area (Å²) in [6, 6.07) is 8.86. The predicted octanol–water partition coefficient (Wildman–Crippen LogP) is 2.92. The van der Waals surface area contributed by atoms with Crippen molar-refractivity contribution in [1.29, 1.82) is 0 Å². The van der Waals surface area contributed by atoms with E-state index in [1.54, 1.807) is 55.5 Å². The van der Waals surface area contributed by atoms with Crippen molar-refractivity contribution in [3.63, 3.8) is 0 Å². The van der Waals surface area contributed by atoms with Crippen LogP contribution in [0.1, 0.15) is 34.9 Å². The number of benzene rings is 1. The number of imidazole rings is 1. The van der Waals surface area contributed by atoms with Gasteiger partial charge in [-0.2, -0.15) is 5.10 Å². The van der Waals surface area contributed by atoms with Crippen LogP contribution in [0.15, 0.2) is 53.8 Å². The summed E-state index contributed by atoms with van der Waals surface area (Å²) in [7, 11) is 2.87. The van der Waals surface area contributed by atoms with Gasteiger partial charge in [-0.1, -0.05) is 0 Å². The summed E-state index contributed by atoms with van der Waals surface area (Å²) in [4.78, 5) is 33.1. The fraction of sp³-hybridized carbons (Fsp3) is 0.280. The molecule has 10 nitrogen and oxygen atoms in total. The van der Waals surface area contributed by atoms with Crippen LogP contribution in [-0.4, -0.2) is 50.0 Å². The van der Waals surface area contributed by atoms with Crippen molar-refractivity contribution >= 4 is 5.97 Å². The highest BCUT2D eigenvalue weighted by molar-refractivity contribution is 5.73. The van der Waals surface area contributed by atoms with Gasteiger partial charge in [-0.25, -0.2) is 4.98 Å². The minimum Gasteiger partial charge on any atom is -0.507 e. The first-order valence-corrected chi connectivity index (χ1v) is 11.1. The number of ether oxygens (including phenoxy) is 2. The first-order valence-electron chi connectivity index (χ1n) is 11.1. The van der Waals surface area contributed by atoms with Crippen LogP contribution in [0.2, 0.25) is 0 Å². The van der Waals surface area contributed by atoms with Gasteiger partial charge >= 0.3 is 5.97 Å². The number of rotatable bonds is 9. The first kappa shape index (κ1) is 23.8. The fourth-order valence-electron chi connectivity index (χ4n) is 4.19. The zero-order valence-electron chi connectivity index (χ0n) is 19.7. The molecular weight excluding hydrogens is 450 g/mol. The van der Waals surface area contributed by atoms with Gasteiger partial charge in [0.2, 0.25) is 0 Å². The van der Waals surface area contributed by atoms with Crippen LogP contribution >= 0.6 is 0 Å². The summed E-state index contributed by atoms with van der Waals surface area (Å²) in [5, 5.41) is 18.0. The normalized spacial score (nSPS) is 11.9. The maximum Gasteiger partial charge on any atom is 0.306 e. The Hall–Kier alpha value is -4.34. The Balaban J connectivity index is 1.81. The molecule has 35 heavy (non-hydrogen) atoms. The quantitative estimate of drug-likeness (QED) is 0.315. The molecule has 1 aromatic carbocycles. The van der Waals surface area contributed by atoms with Crippen molar-refractivity contribution in [3.8, 4) is 22.8 Å². The molecular formula is C25H27N5O5. The van der Waals surface area contributed by atoms with Gasteiger partial charge in [0, 0.05) is 47.6 Å². The molecule has 0 fully saturated rings. The maximum atomic E-state index is 13.7. The molecule has 0 aliphatic heterocycles. The van der Waals surface area contributed by atoms with Crippen molar-refractivity contribution in [3.05, 3.63) is 81.9 Å². The lowest BCUT2D eigenvalue weighted by atomic mass is 9.87. The second kappa shape index (κ2) is 10.3. The molecule has 3 heterocycles. The Morgan fingerprint density at radius 3 is 2.63 bits per heavy atom. The molecule has 0 saturated carbocycles. The number of aryl methyl sites for hydroxylation is 2. The van der Waals surface area contributed by atoms with Gasteiger partial charge in [-0.3, -0.25) is 14.7 Å². The Morgan fingerprint density at radius 1 is 1.20 bits per heavy atom. The van der Waals surface area contributed by atoms with Crippen molar-refractivity contribution in [2.75, 3.05) is 14.2 Å². The standard InChI is InChI=1S/C25H27N5O5/c1-15-10-21(31)23(25(33)30(15)9-8-17-12-26-14-27-17)19(11-22(32)35-3)20-13-28-29-24(20)16-4-6-18(34-2)7-5-16/h4-7,10,12-14,19,31H,8-9,11H2,1-3H3,(H,26,27)(H,28,29)/t19-/m1/s1. The highest BCUT2D eigenvalue weighted by atomic mass is 16.5. The third-order valence-electron chi connectivity index (χ3n) is 6.05. The van der Waals surface area contributed by atoms with Crippen LogP contribution in [-0.2, 0) is 22.5 Å². The Bertz CT molecular complexity index is 1360. The van der Waals surface area contributed by atoms with Crippen LogP contribution in [0.3, 0.4) is 0 Å². The second-order valence-corrected chi connectivity index (χ2v) is 8.13. The summed E-state index contributed by atoms with van der Waals surface area (Å²) >= 11 is 0. The van der Waals surface area contributed by atoms with E-state index in [4.69, 9.17) is 9.47 Å². The van der Waals surface area contributed by atoms with E-state index in [1.165, 1.54) is 7.11 Å². The van der Waals surface area contributed by atoms with Crippen molar-refractivity contribution in [2.24, 2.45) is 0 Å². The average molecular weight is 478 g/mol. The maximum absolute atomic E-state index is 13.7. The molecule has 10 heteroatoms. The molecule has 4 rings (SSSR count). The van der Waals surface area contributed by atoms with E-state index in [1.807, 2.05) is 12.1 Å². The highest BCUT2D eigenvalue weighted by Crippen LogP contribution is 2.37. The zero-order valence-corrected chi connectivity index (χ0v) is 19.7. The lowest BCUT2D eigenvalue weighted by Gasteiger charge is -2.20. The molecule has 0 amide bonds. The molecule has 3 N–H and O–H groups in total. The number of aromatic amines is 2. The molecule has 4 aromatic rings. The van der Waals surface area contributed by atoms with E-state index >= 15 is 0 Å². The number of aromatic nitrogens is 5. The van der Waals surface area contributed by atoms with Crippen molar-refractivity contribution < 1.29 is 19.4 Å². The van der Waals surface area contributed by atoms with Crippen LogP contribution in [0.5, 0.6) is 11.5 Å². The minimum absolute atomic E-state index is 0.113. The molecule has 0 aliphatic carbocycles. The molecule has 0 saturated heterocycles. The number of carbonyl (C=O) groups excluding carboxylic acids is 1. The molecule has 182 valence electrons. The summed E-state index contributed by atoms with van der Waals surface area (Å²) in [5.41, 5.74) is 3.24. The average Bonchev–Trinajstić information content (AvgIpc) is 3.55. The van der Waals surface area contributed by atoms with Gasteiger partial charge in [0.25, 0.3) is 5.56 Å². The van der Waals surface area contributed by atoms with Crippen LogP contribution in [0.4, 0.5) is 0 Å². The molecule has 1 atom stereocenters. The van der Waals surface area contributed by atoms with Gasteiger partial charge in [0.05, 0.1) is 44.4 Å². The Kier molecular flexibility index (Phi) is 7.00. The third kappa shape index (κ3) is 4.96. The van der Waals surface area contributed by atoms with Gasteiger partial charge < -0.3 is 24.1 Å². The summed E-state index contributed by atoms with van der Waals surface area (Å²) in [5.74, 6) is -0.789. The third-order valence-corrected chi connectivity index (χ3v) is 6.05. The molecule has 3 aromatic heterocycles. The van der Waals surface area contributed by atoms with Crippen LogP contribution in [0, 0.1) is 6.92 Å². The number of esters is 1. The van der Waals surface area contributed by atoms with E-state index in [-0.39, 0.29) is 23.3 Å². The molecule has 0 spiro atoms. The van der Waals surface area contributed by atoms with Crippen LogP contribution < -0.4 is 10.3 Å². The molecule has 0 radical (unpaired) electrons. The topological polar surface area (TPSA) is 135 Å². The Labute approximate surface area is 201 Å². The van der Waals surface area contributed by atoms with Crippen molar-refractivity contribution in [1.82, 2.24) is 24.7 Å². The highest BCUT2D eigenvalue weighted by Gasteiger charge is 2.29. The number of nitrogens with one attached hydrogen (secondary N) is 2. The number of methoxy groups -OCH3 is 2. The van der Waals surface area contributed by atoms with E-state index in [2.05, 4.69) is 20.2 Å². The smallest absolute Gasteiger partial charge is 0.306 e. The van der Waals surface area contributed by atoms with Crippen molar-refractivity contribution in [2.45, 2.75) is 32.2 Å². The van der Waals surface area contributed by atoms with Gasteiger partial charge in [-0.05, 0) is 37.3 Å². The van der Waals surface area contributed by atoms with E-state index < -0.39 is 11.9 Å². The number of aromatic hydroxyl groups is 1. The van der Waals surface area contributed by atoms with Gasteiger partial charge in [-0.15, -0.1) is 0 Å². The van der Waals surface area contributed by atoms with Gasteiger partial charge in [0.1, 0.15) is 11.5 Å². The second-order valence-electron chi connectivity index (χ2n) is 8.13. The van der Waals surface area contributed by atoms with Crippen LogP contribution in [0.25, 0.3) is 11.3 Å². The van der Waals surface area contributed by atoms with E-state index in [9.17, 15) is 14.7 Å². The summed E-state index contributed by atoms with van der Waals surface area (Å²) in [6.07, 6.45) is 5.26. The molecule has 0 unspecified atom stereocenters. The number of H-pyrrole nitrogens is 2. The number of nitrogens with zero attached hydrogens (tertiary/aromatic N) is 3. The zero-order chi connectivity index (χ0) is 24.9. The summed E-state index contributed by atoms with van der Waals surface area (Å²) < 4.78 is 11.7. The number of carbonyl (C=O) groups is 1. The minimum atomic E-state index is -0.787. The SMILES string of the molecule is COC(=O)C[C@H](c1cn[nH]c1-c1ccc(OC)cc1)c1c(O)cc(C)n(CCc2cnc[nH]2)c1=O. The first-order chi connectivity index (χ1) is 16.9. The largest absolute Gasteiger partial charge is 0.507 e. The molecule has 0 bridgehead atoms.